The number of aliphatic hydroxyl groups excluding tert-OH is 2. The zero-order valence-electron chi connectivity index (χ0n) is 27.0. The van der Waals surface area contributed by atoms with E-state index in [1.165, 1.54) is 0 Å². The first-order chi connectivity index (χ1) is 22.8. The van der Waals surface area contributed by atoms with Gasteiger partial charge in [0.05, 0.1) is 67.7 Å². The number of hydrogen-bond acceptors (Lipinski definition) is 9. The molecule has 2 aromatic heterocycles. The highest BCUT2D eigenvalue weighted by atomic mass is 35.5. The van der Waals surface area contributed by atoms with Gasteiger partial charge in [-0.1, -0.05) is 48.0 Å². The lowest BCUT2D eigenvalue weighted by atomic mass is 9.89. The summed E-state index contributed by atoms with van der Waals surface area (Å²) in [5, 5.41) is 32.1. The second-order valence-corrected chi connectivity index (χ2v) is 12.2. The van der Waals surface area contributed by atoms with E-state index in [0.29, 0.717) is 47.2 Å². The zero-order valence-corrected chi connectivity index (χ0v) is 27.7. The average molecular weight is 658 g/mol. The topological polar surface area (TPSA) is 123 Å². The number of hydrogen-bond donors (Lipinski definition) is 4. The lowest BCUT2D eigenvalue weighted by Gasteiger charge is -2.32. The fourth-order valence-electron chi connectivity index (χ4n) is 5.98. The van der Waals surface area contributed by atoms with Crippen molar-refractivity contribution in [3.05, 3.63) is 83.0 Å². The summed E-state index contributed by atoms with van der Waals surface area (Å²) in [6.07, 6.45) is 3.16. The van der Waals surface area contributed by atoms with E-state index in [1.54, 1.807) is 21.3 Å². The van der Waals surface area contributed by atoms with Crippen molar-refractivity contribution in [1.82, 2.24) is 25.4 Å². The highest BCUT2D eigenvalue weighted by Crippen LogP contribution is 2.40. The van der Waals surface area contributed by atoms with E-state index in [1.807, 2.05) is 78.5 Å². The Bertz CT molecular complexity index is 1850. The fourth-order valence-corrected chi connectivity index (χ4v) is 6.30. The van der Waals surface area contributed by atoms with E-state index in [4.69, 9.17) is 35.9 Å². The second-order valence-electron chi connectivity index (χ2n) is 11.8. The average Bonchev–Trinajstić information content (AvgIpc) is 3.53. The zero-order chi connectivity index (χ0) is 33.1. The number of methoxy groups -OCH3 is 3. The molecule has 0 radical (unpaired) electrons. The largest absolute Gasteiger partial charge is 0.496 e. The molecular formula is C36H40ClN5O5. The van der Waals surface area contributed by atoms with E-state index in [2.05, 4.69) is 10.6 Å². The highest BCUT2D eigenvalue weighted by molar-refractivity contribution is 6.36. The van der Waals surface area contributed by atoms with Crippen LogP contribution in [0.1, 0.15) is 30.9 Å². The van der Waals surface area contributed by atoms with Crippen LogP contribution in [0.5, 0.6) is 17.4 Å². The number of aliphatic hydroxyl groups is 2. The van der Waals surface area contributed by atoms with Crippen molar-refractivity contribution < 1.29 is 24.4 Å². The summed E-state index contributed by atoms with van der Waals surface area (Å²) < 4.78 is 19.0. The van der Waals surface area contributed by atoms with Gasteiger partial charge in [-0.15, -0.1) is 0 Å². The molecule has 0 aliphatic heterocycles. The second kappa shape index (κ2) is 14.3. The molecule has 5 aromatic rings. The Balaban J connectivity index is 1.33. The molecule has 0 unspecified atom stereocenters. The molecule has 10 nitrogen and oxygen atoms in total. The van der Waals surface area contributed by atoms with Crippen LogP contribution in [0.15, 0.2) is 66.9 Å². The van der Waals surface area contributed by atoms with Crippen LogP contribution in [0.3, 0.4) is 0 Å². The number of nitrogens with one attached hydrogen (secondary N) is 2. The van der Waals surface area contributed by atoms with Gasteiger partial charge in [0.25, 0.3) is 0 Å². The number of aromatic nitrogens is 3. The van der Waals surface area contributed by atoms with Crippen molar-refractivity contribution in [2.45, 2.75) is 51.0 Å². The van der Waals surface area contributed by atoms with Crippen LogP contribution in [-0.4, -0.2) is 71.1 Å². The number of halogens is 1. The van der Waals surface area contributed by atoms with Crippen molar-refractivity contribution in [2.75, 3.05) is 27.9 Å². The van der Waals surface area contributed by atoms with Crippen LogP contribution in [0.25, 0.3) is 39.0 Å². The van der Waals surface area contributed by atoms with Crippen LogP contribution in [0.4, 0.5) is 0 Å². The number of benzene rings is 3. The van der Waals surface area contributed by atoms with Gasteiger partial charge in [-0.2, -0.15) is 5.10 Å². The summed E-state index contributed by atoms with van der Waals surface area (Å²) in [5.41, 5.74) is 6.77. The molecule has 1 atom stereocenters. The predicted molar refractivity (Wildman–Crippen MR) is 184 cm³/mol. The first kappa shape index (κ1) is 32.7. The number of rotatable bonds is 13. The molecule has 6 rings (SSSR count). The molecule has 0 saturated heterocycles. The third-order valence-electron chi connectivity index (χ3n) is 8.74. The van der Waals surface area contributed by atoms with Crippen molar-refractivity contribution in [1.29, 1.82) is 0 Å². The molecule has 1 aliphatic rings. The Morgan fingerprint density at radius 2 is 1.64 bits per heavy atom. The minimum atomic E-state index is -0.210. The van der Waals surface area contributed by atoms with Gasteiger partial charge in [-0.05, 0) is 37.5 Å². The molecule has 1 aliphatic carbocycles. The number of nitrogens with zero attached hydrogens (tertiary/aromatic N) is 3. The normalized spacial score (nSPS) is 16.6. The van der Waals surface area contributed by atoms with Gasteiger partial charge < -0.3 is 35.1 Å². The Hall–Kier alpha value is -4.19. The number of fused-ring (bicyclic) bond motifs is 1. The fraction of sp³-hybridized carbons (Fsp3) is 0.333. The van der Waals surface area contributed by atoms with Crippen LogP contribution < -0.4 is 24.8 Å². The van der Waals surface area contributed by atoms with Crippen LogP contribution >= 0.6 is 11.6 Å². The number of ether oxygens (including phenoxy) is 3. The molecule has 11 heteroatoms. The van der Waals surface area contributed by atoms with Gasteiger partial charge in [0.1, 0.15) is 11.5 Å². The maximum atomic E-state index is 9.60. The van der Waals surface area contributed by atoms with Gasteiger partial charge in [0, 0.05) is 59.4 Å². The standard InChI is InChI=1S/C36H40ClN5O5/c1-21(20-43)38-18-30-33(45-2)15-24(16-34(30)46-3)42-32-10-6-7-26(29(32)19-40-42)27-8-5-9-28(35(27)37)31-12-11-22(36(41-31)47-4)17-39-23-13-25(44)14-23/h5-12,15-16,19,21,23,25,38-39,43-44H,13-14,17-18,20H2,1-4H3/t21-,23?,25?/m0/s1. The summed E-state index contributed by atoms with van der Waals surface area (Å²) >= 11 is 7.14. The molecule has 1 fully saturated rings. The first-order valence-electron chi connectivity index (χ1n) is 15.7. The molecule has 47 heavy (non-hydrogen) atoms. The SMILES string of the molecule is COc1cc(-n2ncc3c(-c4cccc(-c5ccc(CNC6CC(O)C6)c(OC)n5)c4Cl)cccc32)cc(OC)c1CN[C@@H](C)CO. The quantitative estimate of drug-likeness (QED) is 0.130. The van der Waals surface area contributed by atoms with Gasteiger partial charge in [0.2, 0.25) is 5.88 Å². The first-order valence-corrected chi connectivity index (χ1v) is 16.0. The Morgan fingerprint density at radius 3 is 2.32 bits per heavy atom. The van der Waals surface area contributed by atoms with Gasteiger partial charge in [-0.25, -0.2) is 9.67 Å². The Kier molecular flexibility index (Phi) is 9.95. The molecule has 1 saturated carbocycles. The lowest BCUT2D eigenvalue weighted by molar-refractivity contribution is 0.0618. The van der Waals surface area contributed by atoms with Gasteiger partial charge in [0.15, 0.2) is 0 Å². The van der Waals surface area contributed by atoms with Crippen molar-refractivity contribution in [3.63, 3.8) is 0 Å². The summed E-state index contributed by atoms with van der Waals surface area (Å²) in [6.45, 7) is 3.02. The maximum absolute atomic E-state index is 9.60. The van der Waals surface area contributed by atoms with Crippen molar-refractivity contribution in [3.8, 4) is 45.5 Å². The summed E-state index contributed by atoms with van der Waals surface area (Å²) in [6, 6.07) is 20.1. The minimum Gasteiger partial charge on any atom is -0.496 e. The molecule has 4 N–H and O–H groups in total. The van der Waals surface area contributed by atoms with E-state index >= 15 is 0 Å². The minimum absolute atomic E-state index is 0.0271. The summed E-state index contributed by atoms with van der Waals surface area (Å²) in [4.78, 5) is 4.81. The monoisotopic (exact) mass is 657 g/mol. The molecule has 0 amide bonds. The van der Waals surface area contributed by atoms with E-state index < -0.39 is 0 Å². The van der Waals surface area contributed by atoms with Crippen molar-refractivity contribution in [2.24, 2.45) is 0 Å². The van der Waals surface area contributed by atoms with Crippen LogP contribution in [-0.2, 0) is 13.1 Å². The van der Waals surface area contributed by atoms with Crippen molar-refractivity contribution >= 4 is 22.5 Å². The third kappa shape index (κ3) is 6.65. The third-order valence-corrected chi connectivity index (χ3v) is 9.15. The lowest BCUT2D eigenvalue weighted by Crippen LogP contribution is -2.43. The molecule has 246 valence electrons. The maximum Gasteiger partial charge on any atom is 0.218 e. The Labute approximate surface area is 279 Å². The van der Waals surface area contributed by atoms with Gasteiger partial charge in [-0.3, -0.25) is 0 Å². The molecule has 2 heterocycles. The van der Waals surface area contributed by atoms with Crippen LogP contribution in [0, 0.1) is 0 Å². The highest BCUT2D eigenvalue weighted by Gasteiger charge is 2.27. The molecule has 0 spiro atoms. The van der Waals surface area contributed by atoms with E-state index in [0.717, 1.165) is 57.2 Å². The van der Waals surface area contributed by atoms with E-state index in [-0.39, 0.29) is 18.8 Å². The molecule has 0 bridgehead atoms. The smallest absolute Gasteiger partial charge is 0.218 e. The Morgan fingerprint density at radius 1 is 0.936 bits per heavy atom. The summed E-state index contributed by atoms with van der Waals surface area (Å²) in [5.74, 6) is 1.84. The predicted octanol–water partition coefficient (Wildman–Crippen LogP) is 5.52. The molecular weight excluding hydrogens is 618 g/mol. The van der Waals surface area contributed by atoms with Gasteiger partial charge >= 0.3 is 0 Å². The number of pyridine rings is 1. The van der Waals surface area contributed by atoms with E-state index in [9.17, 15) is 10.2 Å². The van der Waals surface area contributed by atoms with Crippen LogP contribution in [0.2, 0.25) is 5.02 Å². The summed E-state index contributed by atoms with van der Waals surface area (Å²) in [7, 11) is 4.87. The molecule has 3 aromatic carbocycles.